The van der Waals surface area contributed by atoms with Crippen LogP contribution in [0.2, 0.25) is 0 Å². The molecule has 4 aliphatic carbocycles. The summed E-state index contributed by atoms with van der Waals surface area (Å²) in [4.78, 5) is 12.9. The molecule has 0 aromatic carbocycles. The van der Waals surface area contributed by atoms with Gasteiger partial charge in [0.25, 0.3) is 0 Å². The summed E-state index contributed by atoms with van der Waals surface area (Å²) in [5, 5.41) is 0. The summed E-state index contributed by atoms with van der Waals surface area (Å²) in [6, 6.07) is 0. The van der Waals surface area contributed by atoms with E-state index in [1.54, 1.807) is 0 Å². The van der Waals surface area contributed by atoms with Gasteiger partial charge in [0.05, 0.1) is 0 Å². The molecule has 0 saturated heterocycles. The van der Waals surface area contributed by atoms with Crippen molar-refractivity contribution < 1.29 is 9.18 Å². The van der Waals surface area contributed by atoms with Gasteiger partial charge in [0.1, 0.15) is 12.0 Å². The first kappa shape index (κ1) is 14.2. The third-order valence-corrected chi connectivity index (χ3v) is 8.19. The van der Waals surface area contributed by atoms with Gasteiger partial charge in [-0.05, 0) is 73.5 Å². The molecule has 0 heterocycles. The fraction of sp³-hybridized carbons (Fsp3) is 0.947. The van der Waals surface area contributed by atoms with Crippen LogP contribution in [0.4, 0.5) is 4.39 Å². The van der Waals surface area contributed by atoms with Crippen molar-refractivity contribution in [2.75, 3.05) is 0 Å². The Balaban J connectivity index is 1.69. The number of Topliss-reactive ketones (excluding diaryl/α,β-unsaturated/α-hetero) is 1. The molecule has 0 unspecified atom stereocenters. The highest BCUT2D eigenvalue weighted by Crippen LogP contribution is 2.65. The Labute approximate surface area is 128 Å². The number of halogens is 1. The van der Waals surface area contributed by atoms with E-state index >= 15 is 0 Å². The van der Waals surface area contributed by atoms with Gasteiger partial charge in [0.2, 0.25) is 0 Å². The number of carbonyl (C=O) groups is 1. The van der Waals surface area contributed by atoms with Gasteiger partial charge in [0.15, 0.2) is 0 Å². The summed E-state index contributed by atoms with van der Waals surface area (Å²) in [6.45, 7) is 4.83. The van der Waals surface area contributed by atoms with E-state index in [1.807, 2.05) is 0 Å². The molecule has 4 rings (SSSR count). The molecule has 0 aromatic heterocycles. The van der Waals surface area contributed by atoms with E-state index in [2.05, 4.69) is 13.8 Å². The second-order valence-corrected chi connectivity index (χ2v) is 9.07. The third-order valence-electron chi connectivity index (χ3n) is 8.19. The molecule has 7 atom stereocenters. The Bertz CT molecular complexity index is 460. The van der Waals surface area contributed by atoms with E-state index < -0.39 is 6.17 Å². The first-order chi connectivity index (χ1) is 9.94. The molecule has 0 aliphatic heterocycles. The second kappa shape index (κ2) is 4.55. The molecule has 0 N–H and O–H groups in total. The quantitative estimate of drug-likeness (QED) is 0.618. The molecule has 4 saturated carbocycles. The number of fused-ring (bicyclic) bond motifs is 5. The van der Waals surface area contributed by atoms with Gasteiger partial charge in [-0.15, -0.1) is 0 Å². The fourth-order valence-electron chi connectivity index (χ4n) is 6.87. The lowest BCUT2D eigenvalue weighted by molar-refractivity contribution is -0.156. The number of hydrogen-bond donors (Lipinski definition) is 0. The number of alkyl halides is 1. The second-order valence-electron chi connectivity index (χ2n) is 9.07. The van der Waals surface area contributed by atoms with Crippen molar-refractivity contribution in [1.29, 1.82) is 0 Å². The van der Waals surface area contributed by atoms with Crippen LogP contribution in [0, 0.1) is 34.5 Å². The maximum Gasteiger partial charge on any atom is 0.136 e. The van der Waals surface area contributed by atoms with E-state index in [1.165, 1.54) is 32.1 Å². The van der Waals surface area contributed by atoms with Gasteiger partial charge in [0, 0.05) is 12.3 Å². The van der Waals surface area contributed by atoms with E-state index in [9.17, 15) is 9.18 Å². The van der Waals surface area contributed by atoms with Gasteiger partial charge in [-0.1, -0.05) is 20.3 Å². The average Bonchev–Trinajstić information content (AvgIpc) is 2.82. The van der Waals surface area contributed by atoms with E-state index in [4.69, 9.17) is 0 Å². The molecule has 0 bridgehead atoms. The molecular weight excluding hydrogens is 263 g/mol. The lowest BCUT2D eigenvalue weighted by Gasteiger charge is -2.59. The van der Waals surface area contributed by atoms with Crippen molar-refractivity contribution in [2.45, 2.75) is 77.8 Å². The summed E-state index contributed by atoms with van der Waals surface area (Å²) in [7, 11) is 0. The largest absolute Gasteiger partial charge is 0.299 e. The lowest BCUT2D eigenvalue weighted by Crippen LogP contribution is -2.56. The van der Waals surface area contributed by atoms with Crippen LogP contribution in [0.25, 0.3) is 0 Å². The van der Waals surface area contributed by atoms with Crippen molar-refractivity contribution in [1.82, 2.24) is 0 Å². The normalized spacial score (nSPS) is 56.5. The minimum absolute atomic E-state index is 0.241. The maximum atomic E-state index is 13.8. The van der Waals surface area contributed by atoms with Crippen LogP contribution in [0.5, 0.6) is 0 Å². The minimum atomic E-state index is -0.659. The van der Waals surface area contributed by atoms with Crippen molar-refractivity contribution >= 4 is 5.78 Å². The van der Waals surface area contributed by atoms with E-state index in [0.717, 1.165) is 12.8 Å². The van der Waals surface area contributed by atoms with Crippen LogP contribution in [0.3, 0.4) is 0 Å². The van der Waals surface area contributed by atoms with E-state index in [-0.39, 0.29) is 5.41 Å². The Morgan fingerprint density at radius 1 is 1.05 bits per heavy atom. The van der Waals surface area contributed by atoms with Crippen molar-refractivity contribution in [3.8, 4) is 0 Å². The molecule has 0 amide bonds. The van der Waals surface area contributed by atoms with Crippen LogP contribution in [0.1, 0.15) is 71.6 Å². The number of carbonyl (C=O) groups excluding carboxylic acids is 1. The predicted molar refractivity (Wildman–Crippen MR) is 81.6 cm³/mol. The molecule has 0 spiro atoms. The maximum absolute atomic E-state index is 13.8. The van der Waals surface area contributed by atoms with Gasteiger partial charge in [-0.2, -0.15) is 0 Å². The fourth-order valence-corrected chi connectivity index (χ4v) is 6.87. The summed E-state index contributed by atoms with van der Waals surface area (Å²) in [5.41, 5.74) is 0.669. The zero-order valence-corrected chi connectivity index (χ0v) is 13.5. The van der Waals surface area contributed by atoms with Crippen molar-refractivity contribution in [3.05, 3.63) is 0 Å². The molecule has 1 nitrogen and oxygen atoms in total. The smallest absolute Gasteiger partial charge is 0.136 e. The molecule has 2 heteroatoms. The van der Waals surface area contributed by atoms with Crippen LogP contribution in [0.15, 0.2) is 0 Å². The third kappa shape index (κ3) is 1.90. The van der Waals surface area contributed by atoms with Crippen LogP contribution in [-0.2, 0) is 4.79 Å². The summed E-state index contributed by atoms with van der Waals surface area (Å²) >= 11 is 0. The van der Waals surface area contributed by atoms with Crippen LogP contribution >= 0.6 is 0 Å². The zero-order valence-electron chi connectivity index (χ0n) is 13.5. The minimum Gasteiger partial charge on any atom is -0.299 e. The lowest BCUT2D eigenvalue weighted by atomic mass is 9.45. The molecule has 4 fully saturated rings. The molecule has 118 valence electrons. The molecule has 0 radical (unpaired) electrons. The standard InChI is InChI=1S/C19H29FO/c1-18-7-3-4-14(18)17-15(6-8-18)19(2)9-5-13(20)10-12(19)11-16(17)21/h12-15,17H,3-11H2,1-2H3/t12-,13-,14-,15+,17+,18-,19-/m1/s1. The van der Waals surface area contributed by atoms with Crippen LogP contribution in [-0.4, -0.2) is 12.0 Å². The van der Waals surface area contributed by atoms with Crippen LogP contribution < -0.4 is 0 Å². The monoisotopic (exact) mass is 292 g/mol. The first-order valence-electron chi connectivity index (χ1n) is 9.11. The zero-order chi connectivity index (χ0) is 14.8. The van der Waals surface area contributed by atoms with E-state index in [0.29, 0.717) is 47.7 Å². The Morgan fingerprint density at radius 3 is 2.67 bits per heavy atom. The SMILES string of the molecule is C[C@]12CCC[C@@H]1[C@@H]1C(=O)C[C@H]3C[C@H](F)CC[C@@]3(C)[C@H]1CC2. The first-order valence-corrected chi connectivity index (χ1v) is 9.11. The highest BCUT2D eigenvalue weighted by atomic mass is 19.1. The molecule has 4 aliphatic rings. The average molecular weight is 292 g/mol. The highest BCUT2D eigenvalue weighted by molar-refractivity contribution is 5.83. The predicted octanol–water partition coefficient (Wildman–Crippen LogP) is 4.94. The number of hydrogen-bond acceptors (Lipinski definition) is 1. The van der Waals surface area contributed by atoms with Gasteiger partial charge >= 0.3 is 0 Å². The summed E-state index contributed by atoms with van der Waals surface area (Å²) in [5.74, 6) is 2.30. The van der Waals surface area contributed by atoms with Crippen molar-refractivity contribution in [3.63, 3.8) is 0 Å². The Morgan fingerprint density at radius 2 is 1.86 bits per heavy atom. The summed E-state index contributed by atoms with van der Waals surface area (Å²) in [6.07, 6.45) is 8.80. The van der Waals surface area contributed by atoms with Gasteiger partial charge in [-0.25, -0.2) is 4.39 Å². The number of ketones is 1. The topological polar surface area (TPSA) is 17.1 Å². The van der Waals surface area contributed by atoms with Crippen molar-refractivity contribution in [2.24, 2.45) is 34.5 Å². The molecule has 21 heavy (non-hydrogen) atoms. The highest BCUT2D eigenvalue weighted by Gasteiger charge is 2.60. The van der Waals surface area contributed by atoms with Gasteiger partial charge in [-0.3, -0.25) is 4.79 Å². The Hall–Kier alpha value is -0.400. The summed E-state index contributed by atoms with van der Waals surface area (Å²) < 4.78 is 13.8. The molecule has 0 aromatic rings. The van der Waals surface area contributed by atoms with Gasteiger partial charge < -0.3 is 0 Å². The molecular formula is C19H29FO. The Kier molecular flexibility index (Phi) is 3.08. The number of rotatable bonds is 0.